The first kappa shape index (κ1) is 14.0. The number of fused-ring (bicyclic) bond motifs is 1. The normalized spacial score (nSPS) is 18.2. The number of rotatable bonds is 2. The molecule has 0 aromatic carbocycles. The van der Waals surface area contributed by atoms with Gasteiger partial charge in [0.25, 0.3) is 5.91 Å². The lowest BCUT2D eigenvalue weighted by Crippen LogP contribution is -2.29. The molecule has 3 aromatic rings. The molecule has 0 radical (unpaired) electrons. The monoisotopic (exact) mass is 312 g/mol. The zero-order chi connectivity index (χ0) is 16.1. The number of amides is 1. The SMILES string of the molecule is Cc1cc(C)n([C@@H]2CCN(C(=O)c3cnn4ccn(C)c34)C2)n1. The summed E-state index contributed by atoms with van der Waals surface area (Å²) in [4.78, 5) is 14.8. The fourth-order valence-corrected chi connectivity index (χ4v) is 3.51. The molecule has 1 amide bonds. The molecule has 1 fully saturated rings. The third-order valence-electron chi connectivity index (χ3n) is 4.61. The maximum atomic E-state index is 12.9. The molecular weight excluding hydrogens is 292 g/mol. The van der Waals surface area contributed by atoms with E-state index in [0.717, 1.165) is 30.0 Å². The molecule has 1 saturated heterocycles. The zero-order valence-corrected chi connectivity index (χ0v) is 13.6. The van der Waals surface area contributed by atoms with Gasteiger partial charge in [-0.3, -0.25) is 9.48 Å². The lowest BCUT2D eigenvalue weighted by atomic mass is 10.2. The lowest BCUT2D eigenvalue weighted by molar-refractivity contribution is 0.0788. The van der Waals surface area contributed by atoms with Crippen molar-refractivity contribution >= 4 is 11.6 Å². The molecule has 1 aliphatic rings. The number of hydrogen-bond donors (Lipinski definition) is 0. The van der Waals surface area contributed by atoms with Gasteiger partial charge in [-0.2, -0.15) is 10.2 Å². The van der Waals surface area contributed by atoms with Gasteiger partial charge in [0.2, 0.25) is 0 Å². The first-order chi connectivity index (χ1) is 11.0. The maximum Gasteiger partial charge on any atom is 0.259 e. The minimum atomic E-state index is 0.0471. The van der Waals surface area contributed by atoms with Gasteiger partial charge >= 0.3 is 0 Å². The minimum Gasteiger partial charge on any atom is -0.336 e. The average molecular weight is 312 g/mol. The van der Waals surface area contributed by atoms with Crippen molar-refractivity contribution in [2.24, 2.45) is 7.05 Å². The van der Waals surface area contributed by atoms with E-state index in [9.17, 15) is 4.79 Å². The van der Waals surface area contributed by atoms with Crippen LogP contribution in [0.4, 0.5) is 0 Å². The van der Waals surface area contributed by atoms with E-state index in [1.807, 2.05) is 35.8 Å². The number of hydrogen-bond acceptors (Lipinski definition) is 3. The molecule has 4 rings (SSSR count). The van der Waals surface area contributed by atoms with Gasteiger partial charge in [-0.05, 0) is 26.3 Å². The number of aryl methyl sites for hydroxylation is 3. The van der Waals surface area contributed by atoms with E-state index < -0.39 is 0 Å². The van der Waals surface area contributed by atoms with Crippen LogP contribution in [0.15, 0.2) is 24.7 Å². The van der Waals surface area contributed by atoms with Crippen LogP contribution in [0.2, 0.25) is 0 Å². The highest BCUT2D eigenvalue weighted by Gasteiger charge is 2.31. The van der Waals surface area contributed by atoms with Crippen LogP contribution in [0, 0.1) is 13.8 Å². The fourth-order valence-electron chi connectivity index (χ4n) is 3.51. The molecule has 7 nitrogen and oxygen atoms in total. The molecule has 120 valence electrons. The van der Waals surface area contributed by atoms with E-state index in [1.54, 1.807) is 10.7 Å². The Hall–Kier alpha value is -2.57. The molecule has 0 saturated carbocycles. The molecule has 4 heterocycles. The molecule has 0 spiro atoms. The molecule has 0 unspecified atom stereocenters. The molecular formula is C16H20N6O. The first-order valence-electron chi connectivity index (χ1n) is 7.85. The van der Waals surface area contributed by atoms with E-state index in [4.69, 9.17) is 0 Å². The third kappa shape index (κ3) is 2.15. The average Bonchev–Trinajstić information content (AvgIpc) is 3.25. The van der Waals surface area contributed by atoms with Gasteiger partial charge in [0.15, 0.2) is 0 Å². The van der Waals surface area contributed by atoms with Crippen LogP contribution in [0.1, 0.15) is 34.2 Å². The highest BCUT2D eigenvalue weighted by Crippen LogP contribution is 2.25. The van der Waals surface area contributed by atoms with Gasteiger partial charge in [0.05, 0.1) is 17.9 Å². The number of likely N-dealkylation sites (tertiary alicyclic amines) is 1. The Morgan fingerprint density at radius 2 is 2.13 bits per heavy atom. The van der Waals surface area contributed by atoms with Crippen LogP contribution in [-0.4, -0.2) is 47.9 Å². The Bertz CT molecular complexity index is 886. The van der Waals surface area contributed by atoms with Crippen LogP contribution in [0.5, 0.6) is 0 Å². The molecule has 0 bridgehead atoms. The number of carbonyl (C=O) groups is 1. The van der Waals surface area contributed by atoms with Gasteiger partial charge in [-0.1, -0.05) is 0 Å². The summed E-state index contributed by atoms with van der Waals surface area (Å²) in [6.45, 7) is 5.52. The predicted molar refractivity (Wildman–Crippen MR) is 85.4 cm³/mol. The highest BCUT2D eigenvalue weighted by atomic mass is 16.2. The summed E-state index contributed by atoms with van der Waals surface area (Å²) >= 11 is 0. The molecule has 7 heteroatoms. The summed E-state index contributed by atoms with van der Waals surface area (Å²) in [5, 5.41) is 8.82. The van der Waals surface area contributed by atoms with Crippen molar-refractivity contribution in [2.45, 2.75) is 26.3 Å². The van der Waals surface area contributed by atoms with Crippen LogP contribution >= 0.6 is 0 Å². The van der Waals surface area contributed by atoms with Crippen molar-refractivity contribution in [3.63, 3.8) is 0 Å². The van der Waals surface area contributed by atoms with Crippen molar-refractivity contribution in [3.05, 3.63) is 41.6 Å². The van der Waals surface area contributed by atoms with Gasteiger partial charge in [0, 0.05) is 38.2 Å². The molecule has 0 N–H and O–H groups in total. The van der Waals surface area contributed by atoms with Crippen LogP contribution < -0.4 is 0 Å². The smallest absolute Gasteiger partial charge is 0.259 e. The number of imidazole rings is 1. The summed E-state index contributed by atoms with van der Waals surface area (Å²) in [7, 11) is 1.93. The largest absolute Gasteiger partial charge is 0.336 e. The maximum absolute atomic E-state index is 12.9. The van der Waals surface area contributed by atoms with Crippen LogP contribution in [-0.2, 0) is 7.05 Å². The van der Waals surface area contributed by atoms with Crippen LogP contribution in [0.3, 0.4) is 0 Å². The summed E-state index contributed by atoms with van der Waals surface area (Å²) in [6, 6.07) is 2.34. The van der Waals surface area contributed by atoms with E-state index in [1.165, 1.54) is 0 Å². The van der Waals surface area contributed by atoms with Gasteiger partial charge in [-0.15, -0.1) is 0 Å². The quantitative estimate of drug-likeness (QED) is 0.722. The predicted octanol–water partition coefficient (Wildman–Crippen LogP) is 1.57. The van der Waals surface area contributed by atoms with Crippen molar-refractivity contribution in [3.8, 4) is 0 Å². The lowest BCUT2D eigenvalue weighted by Gasteiger charge is -2.17. The molecule has 0 aliphatic carbocycles. The second-order valence-corrected chi connectivity index (χ2v) is 6.30. The van der Waals surface area contributed by atoms with Gasteiger partial charge in [0.1, 0.15) is 11.2 Å². The molecule has 23 heavy (non-hydrogen) atoms. The number of nitrogens with zero attached hydrogens (tertiary/aromatic N) is 6. The summed E-state index contributed by atoms with van der Waals surface area (Å²) in [5.74, 6) is 0.0471. The molecule has 1 atom stereocenters. The van der Waals surface area contributed by atoms with Gasteiger partial charge in [-0.25, -0.2) is 4.52 Å². The van der Waals surface area contributed by atoms with Crippen molar-refractivity contribution in [1.29, 1.82) is 0 Å². The van der Waals surface area contributed by atoms with Crippen molar-refractivity contribution in [2.75, 3.05) is 13.1 Å². The second-order valence-electron chi connectivity index (χ2n) is 6.30. The summed E-state index contributed by atoms with van der Waals surface area (Å²) in [6.07, 6.45) is 6.36. The zero-order valence-electron chi connectivity index (χ0n) is 13.6. The Balaban J connectivity index is 1.59. The first-order valence-corrected chi connectivity index (χ1v) is 7.85. The number of aromatic nitrogens is 5. The minimum absolute atomic E-state index is 0.0471. The van der Waals surface area contributed by atoms with Crippen molar-refractivity contribution in [1.82, 2.24) is 28.9 Å². The summed E-state index contributed by atoms with van der Waals surface area (Å²) in [5.41, 5.74) is 3.67. The fraction of sp³-hybridized carbons (Fsp3) is 0.438. The molecule has 1 aliphatic heterocycles. The summed E-state index contributed by atoms with van der Waals surface area (Å²) < 4.78 is 5.72. The Labute approximate surface area is 134 Å². The highest BCUT2D eigenvalue weighted by molar-refractivity contribution is 6.00. The Morgan fingerprint density at radius 1 is 1.30 bits per heavy atom. The molecule has 3 aromatic heterocycles. The second kappa shape index (κ2) is 4.97. The van der Waals surface area contributed by atoms with Crippen molar-refractivity contribution < 1.29 is 4.79 Å². The standard InChI is InChI=1S/C16H20N6O/c1-11-8-12(2)22(18-11)13-4-5-20(10-13)16(23)14-9-17-21-7-6-19(3)15(14)21/h6-9,13H,4-5,10H2,1-3H3/t13-/m1/s1. The van der Waals surface area contributed by atoms with E-state index in [2.05, 4.69) is 27.9 Å². The topological polar surface area (TPSA) is 60.4 Å². The van der Waals surface area contributed by atoms with E-state index >= 15 is 0 Å². The van der Waals surface area contributed by atoms with Crippen LogP contribution in [0.25, 0.3) is 5.65 Å². The number of carbonyl (C=O) groups excluding carboxylic acids is 1. The third-order valence-corrected chi connectivity index (χ3v) is 4.61. The Morgan fingerprint density at radius 3 is 2.87 bits per heavy atom. The van der Waals surface area contributed by atoms with E-state index in [-0.39, 0.29) is 11.9 Å². The van der Waals surface area contributed by atoms with Gasteiger partial charge < -0.3 is 9.47 Å². The Kier molecular flexibility index (Phi) is 3.04. The van der Waals surface area contributed by atoms with E-state index in [0.29, 0.717) is 12.1 Å².